The summed E-state index contributed by atoms with van der Waals surface area (Å²) < 4.78 is 0. The van der Waals surface area contributed by atoms with Crippen LogP contribution < -0.4 is 11.1 Å². The molecular formula is C10H18N2O3. The fourth-order valence-electron chi connectivity index (χ4n) is 1.88. The predicted octanol–water partition coefficient (Wildman–Crippen LogP) is 0.0932. The van der Waals surface area contributed by atoms with Gasteiger partial charge in [0.25, 0.3) is 0 Å². The van der Waals surface area contributed by atoms with Crippen molar-refractivity contribution in [2.24, 2.45) is 11.7 Å². The number of aliphatic carboxylic acids is 1. The van der Waals surface area contributed by atoms with Crippen molar-refractivity contribution in [1.82, 2.24) is 5.32 Å². The Morgan fingerprint density at radius 3 is 2.73 bits per heavy atom. The molecule has 0 radical (unpaired) electrons. The maximum absolute atomic E-state index is 11.7. The van der Waals surface area contributed by atoms with Gasteiger partial charge in [0.2, 0.25) is 5.91 Å². The van der Waals surface area contributed by atoms with E-state index in [9.17, 15) is 9.59 Å². The molecule has 1 amide bonds. The lowest BCUT2D eigenvalue weighted by molar-refractivity contribution is -0.143. The molecule has 1 heterocycles. The molecule has 0 aromatic carbocycles. The number of carbonyl (C=O) groups excluding carboxylic acids is 1. The van der Waals surface area contributed by atoms with Gasteiger partial charge >= 0.3 is 5.97 Å². The van der Waals surface area contributed by atoms with Crippen molar-refractivity contribution in [1.29, 1.82) is 0 Å². The van der Waals surface area contributed by atoms with Gasteiger partial charge in [-0.1, -0.05) is 12.8 Å². The molecule has 0 spiro atoms. The number of hydrogen-bond donors (Lipinski definition) is 3. The number of hydrogen-bond acceptors (Lipinski definition) is 3. The number of carbonyl (C=O) groups is 2. The van der Waals surface area contributed by atoms with Crippen LogP contribution in [0.5, 0.6) is 0 Å². The normalized spacial score (nSPS) is 29.9. The second kappa shape index (κ2) is 5.11. The highest BCUT2D eigenvalue weighted by Gasteiger charge is 2.31. The summed E-state index contributed by atoms with van der Waals surface area (Å²) in [5.74, 6) is -1.93. The summed E-state index contributed by atoms with van der Waals surface area (Å²) in [4.78, 5) is 22.4. The van der Waals surface area contributed by atoms with Crippen LogP contribution >= 0.6 is 0 Å². The zero-order chi connectivity index (χ0) is 11.4. The Balaban J connectivity index is 2.67. The van der Waals surface area contributed by atoms with Crippen LogP contribution in [0.4, 0.5) is 0 Å². The summed E-state index contributed by atoms with van der Waals surface area (Å²) in [7, 11) is 0. The van der Waals surface area contributed by atoms with E-state index in [1.54, 1.807) is 0 Å². The first-order valence-corrected chi connectivity index (χ1v) is 5.31. The Bertz CT molecular complexity index is 255. The van der Waals surface area contributed by atoms with Gasteiger partial charge in [0, 0.05) is 6.04 Å². The molecule has 1 saturated heterocycles. The second-order valence-electron chi connectivity index (χ2n) is 4.16. The van der Waals surface area contributed by atoms with E-state index < -0.39 is 17.9 Å². The van der Waals surface area contributed by atoms with Crippen LogP contribution in [0.1, 0.15) is 32.6 Å². The Kier molecular flexibility index (Phi) is 4.08. The van der Waals surface area contributed by atoms with E-state index in [4.69, 9.17) is 10.8 Å². The molecule has 1 aliphatic rings. The molecule has 0 aromatic rings. The largest absolute Gasteiger partial charge is 0.480 e. The summed E-state index contributed by atoms with van der Waals surface area (Å²) in [5, 5.41) is 11.6. The van der Waals surface area contributed by atoms with Gasteiger partial charge in [-0.15, -0.1) is 0 Å². The average molecular weight is 214 g/mol. The fourth-order valence-corrected chi connectivity index (χ4v) is 1.88. The van der Waals surface area contributed by atoms with Crippen LogP contribution in [0, 0.1) is 5.92 Å². The van der Waals surface area contributed by atoms with E-state index in [0.717, 1.165) is 19.3 Å². The number of nitrogens with one attached hydrogen (secondary N) is 1. The molecule has 5 heteroatoms. The van der Waals surface area contributed by atoms with Gasteiger partial charge < -0.3 is 16.2 Å². The molecule has 0 aromatic heterocycles. The Hall–Kier alpha value is -1.10. The third-order valence-corrected chi connectivity index (χ3v) is 2.85. The lowest BCUT2D eigenvalue weighted by Crippen LogP contribution is -2.49. The second-order valence-corrected chi connectivity index (χ2v) is 4.16. The molecule has 0 bridgehead atoms. The van der Waals surface area contributed by atoms with Crippen molar-refractivity contribution in [3.8, 4) is 0 Å². The average Bonchev–Trinajstić information content (AvgIpc) is 2.13. The number of nitrogens with two attached hydrogens (primary N) is 1. The summed E-state index contributed by atoms with van der Waals surface area (Å²) in [5.41, 5.74) is 5.49. The minimum Gasteiger partial charge on any atom is -0.480 e. The first kappa shape index (κ1) is 12.0. The predicted molar refractivity (Wildman–Crippen MR) is 55.2 cm³/mol. The third kappa shape index (κ3) is 3.20. The van der Waals surface area contributed by atoms with Gasteiger partial charge in [0.05, 0.1) is 5.92 Å². The highest BCUT2D eigenvalue weighted by molar-refractivity contribution is 5.86. The topological polar surface area (TPSA) is 92.4 Å². The molecular weight excluding hydrogens is 196 g/mol. The highest BCUT2D eigenvalue weighted by atomic mass is 16.4. The number of carboxylic acids is 1. The summed E-state index contributed by atoms with van der Waals surface area (Å²) in [6.07, 6.45) is 3.38. The van der Waals surface area contributed by atoms with Gasteiger partial charge in [0.1, 0.15) is 6.04 Å². The maximum Gasteiger partial charge on any atom is 0.321 e. The van der Waals surface area contributed by atoms with E-state index in [1.165, 1.54) is 0 Å². The Labute approximate surface area is 89.0 Å². The van der Waals surface area contributed by atoms with Crippen molar-refractivity contribution in [2.45, 2.75) is 44.7 Å². The molecule has 15 heavy (non-hydrogen) atoms. The molecule has 0 aliphatic carbocycles. The van der Waals surface area contributed by atoms with Crippen LogP contribution in [0.2, 0.25) is 0 Å². The van der Waals surface area contributed by atoms with Gasteiger partial charge in [0.15, 0.2) is 0 Å². The molecule has 86 valence electrons. The summed E-state index contributed by atoms with van der Waals surface area (Å²) in [6, 6.07) is -0.975. The lowest BCUT2D eigenvalue weighted by Gasteiger charge is -2.25. The number of rotatable bonds is 2. The van der Waals surface area contributed by atoms with Crippen molar-refractivity contribution in [3.63, 3.8) is 0 Å². The van der Waals surface area contributed by atoms with Crippen LogP contribution in [-0.4, -0.2) is 29.1 Å². The molecule has 3 unspecified atom stereocenters. The maximum atomic E-state index is 11.7. The fraction of sp³-hybridized carbons (Fsp3) is 0.800. The Morgan fingerprint density at radius 1 is 1.53 bits per heavy atom. The van der Waals surface area contributed by atoms with Crippen molar-refractivity contribution in [3.05, 3.63) is 0 Å². The molecule has 4 N–H and O–H groups in total. The number of carboxylic acid groups (broad SMARTS) is 1. The molecule has 5 nitrogen and oxygen atoms in total. The SMILES string of the molecule is CC1CCCCC(C(N)C(=O)O)C(=O)N1. The van der Waals surface area contributed by atoms with Crippen LogP contribution in [0.3, 0.4) is 0 Å². The first-order chi connectivity index (χ1) is 7.02. The third-order valence-electron chi connectivity index (χ3n) is 2.85. The van der Waals surface area contributed by atoms with E-state index in [2.05, 4.69) is 5.32 Å². The zero-order valence-corrected chi connectivity index (χ0v) is 8.90. The molecule has 1 aliphatic heterocycles. The monoisotopic (exact) mass is 214 g/mol. The van der Waals surface area contributed by atoms with Crippen molar-refractivity contribution in [2.75, 3.05) is 0 Å². The van der Waals surface area contributed by atoms with Crippen LogP contribution in [-0.2, 0) is 9.59 Å². The van der Waals surface area contributed by atoms with E-state index in [0.29, 0.717) is 6.42 Å². The van der Waals surface area contributed by atoms with Gasteiger partial charge in [-0.25, -0.2) is 0 Å². The molecule has 1 rings (SSSR count). The first-order valence-electron chi connectivity index (χ1n) is 5.31. The summed E-state index contributed by atoms with van der Waals surface area (Å²) >= 11 is 0. The molecule has 3 atom stereocenters. The van der Waals surface area contributed by atoms with Crippen molar-refractivity contribution < 1.29 is 14.7 Å². The van der Waals surface area contributed by atoms with Gasteiger partial charge in [-0.2, -0.15) is 0 Å². The van der Waals surface area contributed by atoms with E-state index in [-0.39, 0.29) is 11.9 Å². The quantitative estimate of drug-likeness (QED) is 0.607. The van der Waals surface area contributed by atoms with E-state index >= 15 is 0 Å². The standard InChI is InChI=1S/C10H18N2O3/c1-6-4-2-3-5-7(9(13)12-6)8(11)10(14)15/h6-8H,2-5,11H2,1H3,(H,12,13)(H,14,15). The van der Waals surface area contributed by atoms with Gasteiger partial charge in [-0.05, 0) is 19.8 Å². The molecule has 1 fully saturated rings. The minimum absolute atomic E-state index is 0.112. The summed E-state index contributed by atoms with van der Waals surface area (Å²) in [6.45, 7) is 1.92. The van der Waals surface area contributed by atoms with Crippen molar-refractivity contribution >= 4 is 11.9 Å². The number of amides is 1. The minimum atomic E-state index is -1.11. The lowest BCUT2D eigenvalue weighted by atomic mass is 9.90. The van der Waals surface area contributed by atoms with Gasteiger partial charge in [-0.3, -0.25) is 9.59 Å². The Morgan fingerprint density at radius 2 is 2.13 bits per heavy atom. The van der Waals surface area contributed by atoms with Crippen LogP contribution in [0.25, 0.3) is 0 Å². The zero-order valence-electron chi connectivity index (χ0n) is 8.90. The molecule has 0 saturated carbocycles. The highest BCUT2D eigenvalue weighted by Crippen LogP contribution is 2.17. The van der Waals surface area contributed by atoms with E-state index in [1.807, 2.05) is 6.92 Å². The smallest absolute Gasteiger partial charge is 0.321 e. The van der Waals surface area contributed by atoms with Crippen LogP contribution in [0.15, 0.2) is 0 Å².